The Kier molecular flexibility index (Phi) is 7.34. The summed E-state index contributed by atoms with van der Waals surface area (Å²) in [5, 5.41) is 11.5. The predicted octanol–water partition coefficient (Wildman–Crippen LogP) is 3.24. The second kappa shape index (κ2) is 10.1. The molecule has 0 bridgehead atoms. The number of nitrogens with zero attached hydrogens (tertiary/aromatic N) is 1. The summed E-state index contributed by atoms with van der Waals surface area (Å²) in [6.45, 7) is 1.05. The summed E-state index contributed by atoms with van der Waals surface area (Å²) in [7, 11) is -3.35. The summed E-state index contributed by atoms with van der Waals surface area (Å²) < 4.78 is 36.6. The van der Waals surface area contributed by atoms with Gasteiger partial charge in [-0.2, -0.15) is 0 Å². The molecular formula is C21H23ClN2O7S2. The lowest BCUT2D eigenvalue weighted by Crippen LogP contribution is -2.31. The minimum absolute atomic E-state index is 0.162. The van der Waals surface area contributed by atoms with Gasteiger partial charge in [-0.3, -0.25) is 14.9 Å². The van der Waals surface area contributed by atoms with Gasteiger partial charge in [0, 0.05) is 13.2 Å². The van der Waals surface area contributed by atoms with Crippen molar-refractivity contribution in [3.63, 3.8) is 0 Å². The van der Waals surface area contributed by atoms with Crippen molar-refractivity contribution in [3.8, 4) is 0 Å². The molecule has 12 heteroatoms. The number of carboxylic acid groups (broad SMARTS) is 1. The third-order valence-electron chi connectivity index (χ3n) is 5.41. The largest absolute Gasteiger partial charge is 0.481 e. The summed E-state index contributed by atoms with van der Waals surface area (Å²) in [4.78, 5) is 28.4. The monoisotopic (exact) mass is 514 g/mol. The van der Waals surface area contributed by atoms with Crippen LogP contribution >= 0.6 is 22.9 Å². The molecule has 2 heterocycles. The van der Waals surface area contributed by atoms with E-state index in [4.69, 9.17) is 26.2 Å². The molecule has 1 saturated carbocycles. The van der Waals surface area contributed by atoms with Gasteiger partial charge in [-0.1, -0.05) is 35.1 Å². The van der Waals surface area contributed by atoms with Crippen molar-refractivity contribution in [2.45, 2.75) is 54.5 Å². The first-order chi connectivity index (χ1) is 15.7. The predicted molar refractivity (Wildman–Crippen MR) is 121 cm³/mol. The number of halogens is 1. The van der Waals surface area contributed by atoms with Gasteiger partial charge in [0.1, 0.15) is 4.34 Å². The van der Waals surface area contributed by atoms with Gasteiger partial charge in [-0.15, -0.1) is 0 Å². The van der Waals surface area contributed by atoms with Gasteiger partial charge >= 0.3 is 5.97 Å². The van der Waals surface area contributed by atoms with Crippen LogP contribution in [-0.2, 0) is 35.3 Å². The zero-order valence-corrected chi connectivity index (χ0v) is 19.9. The van der Waals surface area contributed by atoms with Gasteiger partial charge in [0.2, 0.25) is 0 Å². The van der Waals surface area contributed by atoms with E-state index in [2.05, 4.69) is 10.3 Å². The van der Waals surface area contributed by atoms with Crippen LogP contribution in [0.3, 0.4) is 0 Å². The molecule has 2 aliphatic rings. The second-order valence-electron chi connectivity index (χ2n) is 7.94. The van der Waals surface area contributed by atoms with E-state index in [-0.39, 0.29) is 37.8 Å². The molecule has 1 atom stereocenters. The summed E-state index contributed by atoms with van der Waals surface area (Å²) >= 11 is 7.02. The molecule has 2 N–H and O–H groups in total. The van der Waals surface area contributed by atoms with Crippen molar-refractivity contribution in [3.05, 3.63) is 39.9 Å². The smallest absolute Gasteiger partial charge is 0.309 e. The van der Waals surface area contributed by atoms with E-state index < -0.39 is 27.8 Å². The van der Waals surface area contributed by atoms with Crippen LogP contribution in [0, 0.1) is 0 Å². The number of ether oxygens (including phenoxy) is 2. The number of sulfone groups is 1. The number of hydrogen-bond acceptors (Lipinski definition) is 8. The highest BCUT2D eigenvalue weighted by atomic mass is 35.5. The number of rotatable bonds is 9. The molecule has 1 aliphatic heterocycles. The fraction of sp³-hybridized carbons (Fsp3) is 0.476. The van der Waals surface area contributed by atoms with Crippen LogP contribution in [0.25, 0.3) is 0 Å². The van der Waals surface area contributed by atoms with Crippen molar-refractivity contribution >= 4 is 49.8 Å². The summed E-state index contributed by atoms with van der Waals surface area (Å²) in [6.07, 6.45) is 1.02. The topological polar surface area (TPSA) is 132 Å². The number of carbonyl (C=O) groups is 2. The molecule has 1 amide bonds. The quantitative estimate of drug-likeness (QED) is 0.521. The number of carboxylic acids is 1. The first-order valence-electron chi connectivity index (χ1n) is 10.5. The van der Waals surface area contributed by atoms with Gasteiger partial charge in [0.25, 0.3) is 5.91 Å². The fourth-order valence-electron chi connectivity index (χ4n) is 3.51. The van der Waals surface area contributed by atoms with Crippen molar-refractivity contribution in [2.24, 2.45) is 0 Å². The highest BCUT2D eigenvalue weighted by Crippen LogP contribution is 2.35. The maximum absolute atomic E-state index is 13.2. The molecular weight excluding hydrogens is 492 g/mol. The van der Waals surface area contributed by atoms with Crippen molar-refractivity contribution in [1.29, 1.82) is 0 Å². The van der Waals surface area contributed by atoms with Crippen LogP contribution in [0.1, 0.15) is 43.0 Å². The van der Waals surface area contributed by atoms with E-state index in [9.17, 15) is 18.0 Å². The molecule has 0 spiro atoms. The van der Waals surface area contributed by atoms with Crippen molar-refractivity contribution < 1.29 is 32.6 Å². The Bertz CT molecular complexity index is 1120. The number of anilines is 1. The Morgan fingerprint density at radius 3 is 2.48 bits per heavy atom. The highest BCUT2D eigenvalue weighted by molar-refractivity contribution is 7.92. The standard InChI is InChI=1S/C21H23ClN2O7S2/c22-19-16(11-17(25)26)23-21(32-19)24-20(27)18(31-13-7-9-30-10-8-13)12-1-3-14(4-2-12)33(28,29)15-5-6-15/h1-4,13,15,18H,5-11H2,(H,25,26)(H,23,24,27). The van der Waals surface area contributed by atoms with Gasteiger partial charge in [0.05, 0.1) is 28.4 Å². The number of aliphatic carboxylic acids is 1. The van der Waals surface area contributed by atoms with Gasteiger partial charge in [-0.05, 0) is 43.4 Å². The number of amides is 1. The van der Waals surface area contributed by atoms with Gasteiger partial charge in [0.15, 0.2) is 21.1 Å². The Morgan fingerprint density at radius 1 is 1.21 bits per heavy atom. The highest BCUT2D eigenvalue weighted by Gasteiger charge is 2.37. The lowest BCUT2D eigenvalue weighted by molar-refractivity contribution is -0.136. The van der Waals surface area contributed by atoms with E-state index in [1.54, 1.807) is 12.1 Å². The molecule has 1 saturated heterocycles. The summed E-state index contributed by atoms with van der Waals surface area (Å²) in [5.74, 6) is -1.59. The fourth-order valence-corrected chi connectivity index (χ4v) is 6.21. The molecule has 178 valence electrons. The zero-order valence-electron chi connectivity index (χ0n) is 17.5. The lowest BCUT2D eigenvalue weighted by Gasteiger charge is -2.27. The van der Waals surface area contributed by atoms with E-state index >= 15 is 0 Å². The number of hydrogen-bond donors (Lipinski definition) is 2. The molecule has 1 unspecified atom stereocenters. The van der Waals surface area contributed by atoms with Crippen LogP contribution in [0.4, 0.5) is 5.13 Å². The zero-order chi connectivity index (χ0) is 23.6. The molecule has 4 rings (SSSR count). The van der Waals surface area contributed by atoms with Crippen LogP contribution in [0.15, 0.2) is 29.2 Å². The van der Waals surface area contributed by atoms with Crippen molar-refractivity contribution in [2.75, 3.05) is 18.5 Å². The van der Waals surface area contributed by atoms with Crippen LogP contribution < -0.4 is 5.32 Å². The normalized spacial score (nSPS) is 18.1. The van der Waals surface area contributed by atoms with E-state index in [1.807, 2.05) is 0 Å². The first kappa shape index (κ1) is 24.1. The SMILES string of the molecule is O=C(O)Cc1nc(NC(=O)C(OC2CCOCC2)c2ccc(S(=O)(=O)C3CC3)cc2)sc1Cl. The number of aromatic nitrogens is 1. The second-order valence-corrected chi connectivity index (χ2v) is 11.8. The minimum Gasteiger partial charge on any atom is -0.481 e. The van der Waals surface area contributed by atoms with Crippen LogP contribution in [-0.4, -0.2) is 55.0 Å². The number of benzene rings is 1. The maximum Gasteiger partial charge on any atom is 0.309 e. The molecule has 2 aromatic rings. The molecule has 0 radical (unpaired) electrons. The molecule has 33 heavy (non-hydrogen) atoms. The van der Waals surface area contributed by atoms with Crippen LogP contribution in [0.2, 0.25) is 4.34 Å². The third kappa shape index (κ3) is 5.90. The minimum atomic E-state index is -3.35. The number of thiazole rings is 1. The average Bonchev–Trinajstić information content (AvgIpc) is 3.59. The Hall–Kier alpha value is -2.05. The molecule has 2 fully saturated rings. The van der Waals surface area contributed by atoms with Crippen LogP contribution in [0.5, 0.6) is 0 Å². The molecule has 1 aromatic carbocycles. The number of carbonyl (C=O) groups excluding carboxylic acids is 1. The van der Waals surface area contributed by atoms with Gasteiger partial charge in [-0.25, -0.2) is 13.4 Å². The maximum atomic E-state index is 13.2. The molecule has 9 nitrogen and oxygen atoms in total. The summed E-state index contributed by atoms with van der Waals surface area (Å²) in [5.41, 5.74) is 0.670. The van der Waals surface area contributed by atoms with Gasteiger partial charge < -0.3 is 14.6 Å². The first-order valence-corrected chi connectivity index (χ1v) is 13.2. The third-order valence-corrected chi connectivity index (χ3v) is 8.94. The summed E-state index contributed by atoms with van der Waals surface area (Å²) in [6, 6.07) is 6.18. The molecule has 1 aliphatic carbocycles. The van der Waals surface area contributed by atoms with E-state index in [0.29, 0.717) is 44.5 Å². The molecule has 1 aromatic heterocycles. The van der Waals surface area contributed by atoms with E-state index in [0.717, 1.165) is 11.3 Å². The van der Waals surface area contributed by atoms with E-state index in [1.165, 1.54) is 12.1 Å². The Balaban J connectivity index is 1.55. The Labute approximate surface area is 200 Å². The number of nitrogens with one attached hydrogen (secondary N) is 1. The van der Waals surface area contributed by atoms with Crippen molar-refractivity contribution in [1.82, 2.24) is 4.98 Å². The average molecular weight is 515 g/mol. The Morgan fingerprint density at radius 2 is 1.88 bits per heavy atom. The lowest BCUT2D eigenvalue weighted by atomic mass is 10.1.